The van der Waals surface area contributed by atoms with E-state index in [-0.39, 0.29) is 5.41 Å². The number of rotatable bonds is 3. The van der Waals surface area contributed by atoms with Gasteiger partial charge in [-0.2, -0.15) is 4.57 Å². The average molecular weight is 334 g/mol. The zero-order chi connectivity index (χ0) is 18.2. The van der Waals surface area contributed by atoms with Gasteiger partial charge in [-0.25, -0.2) is 4.98 Å². The van der Waals surface area contributed by atoms with Crippen LogP contribution in [0.15, 0.2) is 48.8 Å². The summed E-state index contributed by atoms with van der Waals surface area (Å²) < 4.78 is 4.34. The van der Waals surface area contributed by atoms with Gasteiger partial charge in [-0.1, -0.05) is 39.0 Å². The fraction of sp³-hybridized carbons (Fsp3) is 0.364. The van der Waals surface area contributed by atoms with Crippen molar-refractivity contribution in [2.24, 2.45) is 19.5 Å². The van der Waals surface area contributed by atoms with Gasteiger partial charge < -0.3 is 4.57 Å². The minimum absolute atomic E-state index is 0.238. The van der Waals surface area contributed by atoms with Crippen LogP contribution in [0.5, 0.6) is 0 Å². The number of pyridine rings is 1. The maximum atomic E-state index is 4.58. The van der Waals surface area contributed by atoms with E-state index in [1.54, 1.807) is 0 Å². The molecular formula is C22H28N3+. The number of hydrogen-bond donors (Lipinski definition) is 0. The third-order valence-corrected chi connectivity index (χ3v) is 4.57. The summed E-state index contributed by atoms with van der Waals surface area (Å²) in [6, 6.07) is 13.2. The molecule has 2 aromatic heterocycles. The van der Waals surface area contributed by atoms with E-state index >= 15 is 0 Å². The number of hydrogen-bond acceptors (Lipinski definition) is 1. The lowest BCUT2D eigenvalue weighted by Gasteiger charge is -2.19. The molecule has 0 saturated heterocycles. The van der Waals surface area contributed by atoms with Crippen molar-refractivity contribution in [2.75, 3.05) is 0 Å². The van der Waals surface area contributed by atoms with Crippen molar-refractivity contribution >= 4 is 0 Å². The summed E-state index contributed by atoms with van der Waals surface area (Å²) in [6.45, 7) is 9.03. The SMILES string of the molecule is Cc1ccccc1-c1cc(CC(C)(C)C)cc(-c2nccn2C)[n+]1C. The summed E-state index contributed by atoms with van der Waals surface area (Å²) in [7, 11) is 4.18. The molecule has 3 rings (SSSR count). The van der Waals surface area contributed by atoms with Crippen molar-refractivity contribution in [2.45, 2.75) is 34.1 Å². The van der Waals surface area contributed by atoms with Crippen LogP contribution in [0.3, 0.4) is 0 Å². The van der Waals surface area contributed by atoms with E-state index in [1.165, 1.54) is 22.4 Å². The van der Waals surface area contributed by atoms with Crippen molar-refractivity contribution < 1.29 is 4.57 Å². The molecule has 0 aliphatic heterocycles. The van der Waals surface area contributed by atoms with Crippen LogP contribution in [0.4, 0.5) is 0 Å². The Hall–Kier alpha value is -2.42. The van der Waals surface area contributed by atoms with E-state index in [0.717, 1.165) is 17.9 Å². The van der Waals surface area contributed by atoms with Gasteiger partial charge in [0, 0.05) is 37.1 Å². The van der Waals surface area contributed by atoms with Crippen molar-refractivity contribution in [3.05, 3.63) is 59.9 Å². The molecule has 0 saturated carbocycles. The van der Waals surface area contributed by atoms with Gasteiger partial charge >= 0.3 is 0 Å². The van der Waals surface area contributed by atoms with Gasteiger partial charge in [-0.15, -0.1) is 0 Å². The zero-order valence-electron chi connectivity index (χ0n) is 16.2. The van der Waals surface area contributed by atoms with E-state index in [0.29, 0.717) is 0 Å². The molecule has 0 radical (unpaired) electrons. The number of aryl methyl sites for hydroxylation is 2. The third-order valence-electron chi connectivity index (χ3n) is 4.57. The second kappa shape index (κ2) is 6.47. The Kier molecular flexibility index (Phi) is 4.51. The van der Waals surface area contributed by atoms with Crippen molar-refractivity contribution in [3.63, 3.8) is 0 Å². The summed E-state index contributed by atoms with van der Waals surface area (Å²) in [5.41, 5.74) is 6.53. The smallest absolute Gasteiger partial charge is 0.249 e. The average Bonchev–Trinajstić information content (AvgIpc) is 2.94. The molecule has 3 nitrogen and oxygen atoms in total. The number of benzene rings is 1. The molecule has 0 amide bonds. The summed E-state index contributed by atoms with van der Waals surface area (Å²) in [5, 5.41) is 0. The second-order valence-corrected chi connectivity index (χ2v) is 8.11. The predicted molar refractivity (Wildman–Crippen MR) is 103 cm³/mol. The highest BCUT2D eigenvalue weighted by Gasteiger charge is 2.24. The molecule has 130 valence electrons. The first kappa shape index (κ1) is 17.4. The van der Waals surface area contributed by atoms with Crippen molar-refractivity contribution in [3.8, 4) is 22.8 Å². The van der Waals surface area contributed by atoms with Gasteiger partial charge in [0.1, 0.15) is 7.05 Å². The third kappa shape index (κ3) is 3.65. The van der Waals surface area contributed by atoms with Crippen LogP contribution in [0.25, 0.3) is 22.8 Å². The van der Waals surface area contributed by atoms with Crippen LogP contribution < -0.4 is 4.57 Å². The first-order valence-corrected chi connectivity index (χ1v) is 8.83. The molecule has 0 bridgehead atoms. The van der Waals surface area contributed by atoms with Crippen LogP contribution in [0, 0.1) is 12.3 Å². The molecule has 0 aliphatic rings. The molecule has 0 N–H and O–H groups in total. The number of imidazole rings is 1. The summed E-state index contributed by atoms with van der Waals surface area (Å²) in [4.78, 5) is 4.58. The normalized spacial score (nSPS) is 11.8. The van der Waals surface area contributed by atoms with Gasteiger partial charge in [0.15, 0.2) is 0 Å². The lowest BCUT2D eigenvalue weighted by Crippen LogP contribution is -2.35. The Morgan fingerprint density at radius 2 is 1.76 bits per heavy atom. The van der Waals surface area contributed by atoms with Gasteiger partial charge in [-0.3, -0.25) is 0 Å². The highest BCUT2D eigenvalue weighted by atomic mass is 15.1. The quantitative estimate of drug-likeness (QED) is 0.647. The first-order chi connectivity index (χ1) is 11.8. The van der Waals surface area contributed by atoms with Crippen LogP contribution in [-0.4, -0.2) is 9.55 Å². The Morgan fingerprint density at radius 3 is 2.36 bits per heavy atom. The maximum Gasteiger partial charge on any atom is 0.249 e. The van der Waals surface area contributed by atoms with Crippen LogP contribution in [0.2, 0.25) is 0 Å². The Bertz CT molecular complexity index is 898. The Morgan fingerprint density at radius 1 is 1.08 bits per heavy atom. The standard InChI is InChI=1S/C22H28N3/c1-16-9-7-8-10-18(16)19-13-17(15-22(2,3)4)14-20(25(19)6)21-23-11-12-24(21)5/h7-14H,15H2,1-6H3/q+1. The fourth-order valence-electron chi connectivity index (χ4n) is 3.38. The fourth-order valence-corrected chi connectivity index (χ4v) is 3.38. The molecule has 0 atom stereocenters. The number of aromatic nitrogens is 3. The lowest BCUT2D eigenvalue weighted by molar-refractivity contribution is -0.649. The Balaban J connectivity index is 2.26. The van der Waals surface area contributed by atoms with Crippen molar-refractivity contribution in [1.29, 1.82) is 0 Å². The number of nitrogens with zero attached hydrogens (tertiary/aromatic N) is 3. The molecular weight excluding hydrogens is 306 g/mol. The summed E-state index contributed by atoms with van der Waals surface area (Å²) >= 11 is 0. The molecule has 1 aromatic carbocycles. The predicted octanol–water partition coefficient (Wildman–Crippen LogP) is 4.48. The van der Waals surface area contributed by atoms with Gasteiger partial charge in [0.05, 0.1) is 0 Å². The maximum absolute atomic E-state index is 4.58. The van der Waals surface area contributed by atoms with Crippen molar-refractivity contribution in [1.82, 2.24) is 9.55 Å². The largest absolute Gasteiger partial charge is 0.329 e. The molecule has 3 aromatic rings. The minimum Gasteiger partial charge on any atom is -0.329 e. The monoisotopic (exact) mass is 334 g/mol. The molecule has 0 unspecified atom stereocenters. The Labute approximate surface area is 151 Å². The molecule has 25 heavy (non-hydrogen) atoms. The van der Waals surface area contributed by atoms with Crippen LogP contribution in [0.1, 0.15) is 31.9 Å². The second-order valence-electron chi connectivity index (χ2n) is 8.11. The molecule has 0 fully saturated rings. The zero-order valence-corrected chi connectivity index (χ0v) is 16.2. The van der Waals surface area contributed by atoms with Gasteiger partial charge in [0.25, 0.3) is 0 Å². The van der Waals surface area contributed by atoms with Crippen LogP contribution >= 0.6 is 0 Å². The summed E-state index contributed by atoms with van der Waals surface area (Å²) in [5.74, 6) is 0.994. The van der Waals surface area contributed by atoms with Gasteiger partial charge in [0.2, 0.25) is 17.2 Å². The molecule has 2 heterocycles. The molecule has 3 heteroatoms. The van der Waals surface area contributed by atoms with E-state index in [1.807, 2.05) is 19.4 Å². The molecule has 0 aliphatic carbocycles. The van der Waals surface area contributed by atoms with Gasteiger partial charge in [-0.05, 0) is 36.0 Å². The van der Waals surface area contributed by atoms with E-state index in [2.05, 4.69) is 85.3 Å². The molecule has 0 spiro atoms. The van der Waals surface area contributed by atoms with E-state index < -0.39 is 0 Å². The van der Waals surface area contributed by atoms with E-state index in [9.17, 15) is 0 Å². The van der Waals surface area contributed by atoms with E-state index in [4.69, 9.17) is 0 Å². The summed E-state index contributed by atoms with van der Waals surface area (Å²) in [6.07, 6.45) is 4.89. The topological polar surface area (TPSA) is 21.7 Å². The lowest BCUT2D eigenvalue weighted by atomic mass is 9.87. The highest BCUT2D eigenvalue weighted by Crippen LogP contribution is 2.28. The van der Waals surface area contributed by atoms with Crippen LogP contribution in [-0.2, 0) is 20.5 Å². The first-order valence-electron chi connectivity index (χ1n) is 8.83. The highest BCUT2D eigenvalue weighted by molar-refractivity contribution is 5.63. The minimum atomic E-state index is 0.238.